The Kier molecular flexibility index (Phi) is 4.78. The van der Waals surface area contributed by atoms with E-state index >= 15 is 0 Å². The van der Waals surface area contributed by atoms with Gasteiger partial charge in [0, 0.05) is 29.3 Å². The number of thiophene rings is 1. The molecule has 30 heavy (non-hydrogen) atoms. The van der Waals surface area contributed by atoms with Crippen molar-refractivity contribution in [1.29, 1.82) is 0 Å². The van der Waals surface area contributed by atoms with Crippen molar-refractivity contribution in [2.45, 2.75) is 44.1 Å². The van der Waals surface area contributed by atoms with Gasteiger partial charge in [-0.05, 0) is 55.3 Å². The highest BCUT2D eigenvalue weighted by Gasteiger charge is 2.30. The van der Waals surface area contributed by atoms with Gasteiger partial charge in [-0.1, -0.05) is 12.5 Å². The number of hydrogen-bond donors (Lipinski definition) is 3. The van der Waals surface area contributed by atoms with E-state index in [1.54, 1.807) is 18.2 Å². The van der Waals surface area contributed by atoms with Gasteiger partial charge in [-0.3, -0.25) is 4.79 Å². The normalized spacial score (nSPS) is 16.1. The number of aromatic nitrogens is 2. The summed E-state index contributed by atoms with van der Waals surface area (Å²) in [4.78, 5) is 25.5. The lowest BCUT2D eigenvalue weighted by atomic mass is 9.82. The molecule has 2 saturated carbocycles. The zero-order chi connectivity index (χ0) is 20.7. The molecule has 0 radical (unpaired) electrons. The molecule has 5 rings (SSSR count). The summed E-state index contributed by atoms with van der Waals surface area (Å²) in [6, 6.07) is 10.5. The number of benzene rings is 1. The molecule has 2 aliphatic carbocycles. The highest BCUT2D eigenvalue weighted by molar-refractivity contribution is 7.12. The Morgan fingerprint density at radius 3 is 2.60 bits per heavy atom. The predicted molar refractivity (Wildman–Crippen MR) is 115 cm³/mol. The number of nitrogens with zero attached hydrogens (tertiary/aromatic N) is 2. The number of hydrogen-bond acceptors (Lipinski definition) is 5. The zero-order valence-corrected chi connectivity index (χ0v) is 17.1. The van der Waals surface area contributed by atoms with Crippen LogP contribution in [0.5, 0.6) is 5.75 Å². The number of carbonyl (C=O) groups excluding carboxylic acids is 2. The Bertz CT molecular complexity index is 1100. The van der Waals surface area contributed by atoms with Crippen molar-refractivity contribution >= 4 is 29.0 Å². The Labute approximate surface area is 177 Å². The van der Waals surface area contributed by atoms with E-state index in [0.717, 1.165) is 37.8 Å². The Morgan fingerprint density at radius 2 is 1.97 bits per heavy atom. The summed E-state index contributed by atoms with van der Waals surface area (Å²) >= 11 is 1.36. The van der Waals surface area contributed by atoms with E-state index in [-0.39, 0.29) is 23.7 Å². The molecule has 0 unspecified atom stereocenters. The third-order valence-corrected chi connectivity index (χ3v) is 6.50. The lowest BCUT2D eigenvalue weighted by molar-refractivity contribution is 0.103. The number of anilines is 1. The monoisotopic (exact) mass is 422 g/mol. The lowest BCUT2D eigenvalue weighted by Gasteiger charge is -2.25. The summed E-state index contributed by atoms with van der Waals surface area (Å²) < 4.78 is 1.46. The second-order valence-corrected chi connectivity index (χ2v) is 8.83. The molecule has 2 aliphatic rings. The molecular formula is C22H22N4O3S. The summed E-state index contributed by atoms with van der Waals surface area (Å²) in [5, 5.41) is 22.7. The molecule has 154 valence electrons. The van der Waals surface area contributed by atoms with E-state index in [2.05, 4.69) is 15.7 Å². The molecule has 0 spiro atoms. The second kappa shape index (κ2) is 7.60. The number of aromatic hydroxyl groups is 1. The van der Waals surface area contributed by atoms with Crippen molar-refractivity contribution in [3.8, 4) is 17.0 Å². The van der Waals surface area contributed by atoms with Crippen LogP contribution in [0.15, 0.2) is 41.8 Å². The zero-order valence-electron chi connectivity index (χ0n) is 16.3. The number of amides is 2. The molecule has 8 heteroatoms. The van der Waals surface area contributed by atoms with Crippen LogP contribution < -0.4 is 10.6 Å². The molecule has 2 fully saturated rings. The van der Waals surface area contributed by atoms with Gasteiger partial charge in [-0.15, -0.1) is 11.3 Å². The summed E-state index contributed by atoms with van der Waals surface area (Å²) in [6.07, 6.45) is 5.26. The van der Waals surface area contributed by atoms with Gasteiger partial charge in [0.2, 0.25) is 0 Å². The maximum absolute atomic E-state index is 12.7. The van der Waals surface area contributed by atoms with E-state index in [1.165, 1.54) is 22.1 Å². The molecule has 0 aliphatic heterocycles. The number of phenolic OH excluding ortho intramolecular Hbond substituents is 1. The Morgan fingerprint density at radius 1 is 1.13 bits per heavy atom. The first-order valence-corrected chi connectivity index (χ1v) is 11.1. The Balaban J connectivity index is 1.41. The van der Waals surface area contributed by atoms with Crippen molar-refractivity contribution in [2.75, 3.05) is 5.32 Å². The van der Waals surface area contributed by atoms with Crippen LogP contribution in [0.3, 0.4) is 0 Å². The first kappa shape index (κ1) is 18.9. The second-order valence-electron chi connectivity index (χ2n) is 7.88. The topological polar surface area (TPSA) is 96.3 Å². The number of rotatable bonds is 5. The van der Waals surface area contributed by atoms with Crippen molar-refractivity contribution in [3.63, 3.8) is 0 Å². The molecular weight excluding hydrogens is 400 g/mol. The minimum atomic E-state index is -0.217. The predicted octanol–water partition coefficient (Wildman–Crippen LogP) is 4.56. The van der Waals surface area contributed by atoms with Gasteiger partial charge in [-0.25, -0.2) is 4.79 Å². The van der Waals surface area contributed by atoms with Gasteiger partial charge < -0.3 is 15.7 Å². The van der Waals surface area contributed by atoms with Crippen LogP contribution in [0.25, 0.3) is 11.3 Å². The van der Waals surface area contributed by atoms with Crippen molar-refractivity contribution in [1.82, 2.24) is 15.1 Å². The smallest absolute Gasteiger partial charge is 0.342 e. The van der Waals surface area contributed by atoms with Crippen LogP contribution in [0.4, 0.5) is 10.5 Å². The van der Waals surface area contributed by atoms with Crippen LogP contribution in [0.2, 0.25) is 0 Å². The molecule has 7 nitrogen and oxygen atoms in total. The van der Waals surface area contributed by atoms with Crippen molar-refractivity contribution in [3.05, 3.63) is 52.3 Å². The summed E-state index contributed by atoms with van der Waals surface area (Å²) in [6.45, 7) is 0. The van der Waals surface area contributed by atoms with Crippen LogP contribution in [-0.4, -0.2) is 32.9 Å². The fourth-order valence-corrected chi connectivity index (χ4v) is 4.19. The molecule has 2 heterocycles. The first-order chi connectivity index (χ1) is 14.6. The van der Waals surface area contributed by atoms with Crippen LogP contribution in [0, 0.1) is 0 Å². The van der Waals surface area contributed by atoms with E-state index in [1.807, 2.05) is 17.5 Å². The molecule has 2 aromatic heterocycles. The van der Waals surface area contributed by atoms with Crippen LogP contribution in [0.1, 0.15) is 53.4 Å². The highest BCUT2D eigenvalue weighted by atomic mass is 32.1. The van der Waals surface area contributed by atoms with Crippen LogP contribution >= 0.6 is 11.3 Å². The molecule has 0 atom stereocenters. The minimum absolute atomic E-state index is 0.00592. The quantitative estimate of drug-likeness (QED) is 0.562. The molecule has 0 bridgehead atoms. The fourth-order valence-electron chi connectivity index (χ4n) is 3.57. The fraction of sp³-hybridized carbons (Fsp3) is 0.318. The van der Waals surface area contributed by atoms with Crippen molar-refractivity contribution < 1.29 is 14.7 Å². The molecule has 3 aromatic rings. The average Bonchev–Trinajstić information content (AvgIpc) is 3.16. The van der Waals surface area contributed by atoms with Gasteiger partial charge in [0.25, 0.3) is 5.91 Å². The largest absolute Gasteiger partial charge is 0.507 e. The lowest BCUT2D eigenvalue weighted by Crippen LogP contribution is -2.33. The van der Waals surface area contributed by atoms with Crippen molar-refractivity contribution in [2.24, 2.45) is 0 Å². The van der Waals surface area contributed by atoms with Gasteiger partial charge in [-0.2, -0.15) is 9.78 Å². The third-order valence-electron chi connectivity index (χ3n) is 5.63. The van der Waals surface area contributed by atoms with E-state index < -0.39 is 0 Å². The molecule has 0 saturated heterocycles. The number of phenols is 1. The summed E-state index contributed by atoms with van der Waals surface area (Å²) in [5.74, 6) is 0.111. The molecule has 3 N–H and O–H groups in total. The van der Waals surface area contributed by atoms with Gasteiger partial charge in [0.15, 0.2) is 0 Å². The summed E-state index contributed by atoms with van der Waals surface area (Å²) in [5.41, 5.74) is 2.47. The standard InChI is InChI=1S/C22H22N4O3S/c27-19-11-15(23-21(28)20-5-2-10-30-20)8-9-16(19)17-12-18(13-3-1-4-13)26(25-17)22(29)24-14-6-7-14/h2,5,8-14,27H,1,3-4,6-7H2,(H,23,28)(H,24,29). The highest BCUT2D eigenvalue weighted by Crippen LogP contribution is 2.39. The van der Waals surface area contributed by atoms with Gasteiger partial charge in [0.05, 0.1) is 16.3 Å². The Hall–Kier alpha value is -3.13. The first-order valence-electron chi connectivity index (χ1n) is 10.2. The number of carbonyl (C=O) groups is 2. The number of nitrogens with one attached hydrogen (secondary N) is 2. The van der Waals surface area contributed by atoms with E-state index in [9.17, 15) is 14.7 Å². The molecule has 1 aromatic carbocycles. The maximum Gasteiger partial charge on any atom is 0.342 e. The maximum atomic E-state index is 12.7. The average molecular weight is 423 g/mol. The minimum Gasteiger partial charge on any atom is -0.507 e. The van der Waals surface area contributed by atoms with E-state index in [4.69, 9.17) is 0 Å². The third kappa shape index (κ3) is 3.70. The van der Waals surface area contributed by atoms with E-state index in [0.29, 0.717) is 27.7 Å². The SMILES string of the molecule is O=C(Nc1ccc(-c2cc(C3CCC3)n(C(=O)NC3CC3)n2)c(O)c1)c1cccs1. The van der Waals surface area contributed by atoms with Gasteiger partial charge >= 0.3 is 6.03 Å². The van der Waals surface area contributed by atoms with Gasteiger partial charge in [0.1, 0.15) is 5.75 Å². The van der Waals surface area contributed by atoms with Crippen LogP contribution in [-0.2, 0) is 0 Å². The summed E-state index contributed by atoms with van der Waals surface area (Å²) in [7, 11) is 0. The molecule has 2 amide bonds.